The van der Waals surface area contributed by atoms with Gasteiger partial charge >= 0.3 is 5.97 Å². The molecule has 0 radical (unpaired) electrons. The average molecular weight is 238 g/mol. The summed E-state index contributed by atoms with van der Waals surface area (Å²) in [7, 11) is 2.82. The quantitative estimate of drug-likeness (QED) is 0.732. The Kier molecular flexibility index (Phi) is 4.03. The zero-order valence-corrected chi connectivity index (χ0v) is 9.89. The molecule has 6 heteroatoms. The second-order valence-electron chi connectivity index (χ2n) is 3.58. The van der Waals surface area contributed by atoms with Crippen LogP contribution in [0.25, 0.3) is 0 Å². The third kappa shape index (κ3) is 3.17. The Morgan fingerprint density at radius 2 is 2.12 bits per heavy atom. The number of aromatic nitrogens is 1. The van der Waals surface area contributed by atoms with Crippen LogP contribution in [0.5, 0.6) is 0 Å². The van der Waals surface area contributed by atoms with Crippen LogP contribution in [-0.2, 0) is 16.6 Å². The van der Waals surface area contributed by atoms with Gasteiger partial charge in [0.2, 0.25) is 0 Å². The van der Waals surface area contributed by atoms with E-state index in [4.69, 9.17) is 0 Å². The average Bonchev–Trinajstić information content (AvgIpc) is 2.31. The SMILES string of the molecule is COC(=O)C(C)NC(=O)c1ccn(C)c(=O)c1. The van der Waals surface area contributed by atoms with Crippen molar-refractivity contribution in [1.82, 2.24) is 9.88 Å². The molecular formula is C11H14N2O4. The molecule has 1 rings (SSSR count). The first kappa shape index (κ1) is 13.0. The minimum Gasteiger partial charge on any atom is -0.467 e. The maximum absolute atomic E-state index is 11.7. The van der Waals surface area contributed by atoms with Gasteiger partial charge in [-0.1, -0.05) is 0 Å². The van der Waals surface area contributed by atoms with Crippen molar-refractivity contribution in [2.24, 2.45) is 7.05 Å². The molecule has 17 heavy (non-hydrogen) atoms. The van der Waals surface area contributed by atoms with Gasteiger partial charge in [-0.15, -0.1) is 0 Å². The van der Waals surface area contributed by atoms with Gasteiger partial charge in [0.05, 0.1) is 7.11 Å². The van der Waals surface area contributed by atoms with Crippen LogP contribution in [0.1, 0.15) is 17.3 Å². The highest BCUT2D eigenvalue weighted by Gasteiger charge is 2.16. The molecule has 1 aromatic heterocycles. The van der Waals surface area contributed by atoms with E-state index in [9.17, 15) is 14.4 Å². The van der Waals surface area contributed by atoms with Crippen LogP contribution in [0.2, 0.25) is 0 Å². The lowest BCUT2D eigenvalue weighted by Gasteiger charge is -2.11. The fourth-order valence-electron chi connectivity index (χ4n) is 1.21. The number of ether oxygens (including phenoxy) is 1. The Morgan fingerprint density at radius 1 is 1.47 bits per heavy atom. The van der Waals surface area contributed by atoms with Crippen molar-refractivity contribution in [3.05, 3.63) is 34.2 Å². The van der Waals surface area contributed by atoms with Crippen molar-refractivity contribution in [1.29, 1.82) is 0 Å². The zero-order valence-electron chi connectivity index (χ0n) is 9.89. The molecule has 1 aromatic rings. The summed E-state index contributed by atoms with van der Waals surface area (Å²) < 4.78 is 5.82. The molecule has 0 saturated carbocycles. The lowest BCUT2D eigenvalue weighted by Crippen LogP contribution is -2.39. The number of methoxy groups -OCH3 is 1. The van der Waals surface area contributed by atoms with Crippen LogP contribution in [0.4, 0.5) is 0 Å². The molecule has 1 N–H and O–H groups in total. The molecular weight excluding hydrogens is 224 g/mol. The number of rotatable bonds is 3. The van der Waals surface area contributed by atoms with Crippen LogP contribution >= 0.6 is 0 Å². The fraction of sp³-hybridized carbons (Fsp3) is 0.364. The van der Waals surface area contributed by atoms with Crippen LogP contribution in [-0.4, -0.2) is 29.6 Å². The number of carbonyl (C=O) groups excluding carboxylic acids is 2. The number of nitrogens with zero attached hydrogens (tertiary/aromatic N) is 1. The van der Waals surface area contributed by atoms with Crippen LogP contribution < -0.4 is 10.9 Å². The summed E-state index contributed by atoms with van der Waals surface area (Å²) in [5, 5.41) is 2.43. The van der Waals surface area contributed by atoms with Gasteiger partial charge in [0.15, 0.2) is 0 Å². The number of aryl methyl sites for hydroxylation is 1. The third-order valence-electron chi connectivity index (χ3n) is 2.27. The smallest absolute Gasteiger partial charge is 0.328 e. The zero-order chi connectivity index (χ0) is 13.0. The van der Waals surface area contributed by atoms with E-state index in [0.29, 0.717) is 0 Å². The summed E-state index contributed by atoms with van der Waals surface area (Å²) in [6, 6.07) is 1.96. The number of hydrogen-bond acceptors (Lipinski definition) is 4. The summed E-state index contributed by atoms with van der Waals surface area (Å²) >= 11 is 0. The largest absolute Gasteiger partial charge is 0.467 e. The maximum atomic E-state index is 11.7. The first-order valence-electron chi connectivity index (χ1n) is 5.01. The summed E-state index contributed by atoms with van der Waals surface area (Å²) in [5.41, 5.74) is -0.0766. The highest BCUT2D eigenvalue weighted by Crippen LogP contribution is 1.96. The molecule has 0 saturated heterocycles. The maximum Gasteiger partial charge on any atom is 0.328 e. The van der Waals surface area contributed by atoms with Gasteiger partial charge in [0.1, 0.15) is 6.04 Å². The summed E-state index contributed by atoms with van der Waals surface area (Å²) in [4.78, 5) is 34.1. The molecule has 0 aliphatic carbocycles. The Hall–Kier alpha value is -2.11. The lowest BCUT2D eigenvalue weighted by atomic mass is 10.2. The van der Waals surface area contributed by atoms with E-state index in [1.807, 2.05) is 0 Å². The van der Waals surface area contributed by atoms with E-state index < -0.39 is 17.9 Å². The number of pyridine rings is 1. The molecule has 0 fully saturated rings. The summed E-state index contributed by atoms with van der Waals surface area (Å²) in [5.74, 6) is -1.03. The molecule has 0 bridgehead atoms. The minimum absolute atomic E-state index is 0.212. The Morgan fingerprint density at radius 3 is 2.65 bits per heavy atom. The highest BCUT2D eigenvalue weighted by molar-refractivity contribution is 5.96. The molecule has 1 atom stereocenters. The van der Waals surface area contributed by atoms with Gasteiger partial charge in [-0.2, -0.15) is 0 Å². The third-order valence-corrected chi connectivity index (χ3v) is 2.27. The van der Waals surface area contributed by atoms with Gasteiger partial charge in [-0.25, -0.2) is 4.79 Å². The number of esters is 1. The van der Waals surface area contributed by atoms with Crippen molar-refractivity contribution in [2.45, 2.75) is 13.0 Å². The minimum atomic E-state index is -0.753. The van der Waals surface area contributed by atoms with E-state index >= 15 is 0 Å². The monoisotopic (exact) mass is 238 g/mol. The topological polar surface area (TPSA) is 77.4 Å². The van der Waals surface area contributed by atoms with Crippen LogP contribution in [0, 0.1) is 0 Å². The van der Waals surface area contributed by atoms with Crippen molar-refractivity contribution < 1.29 is 14.3 Å². The van der Waals surface area contributed by atoms with Gasteiger partial charge in [0, 0.05) is 24.9 Å². The molecule has 1 unspecified atom stereocenters. The summed E-state index contributed by atoms with van der Waals surface area (Å²) in [6.45, 7) is 1.50. The molecule has 92 valence electrons. The number of carbonyl (C=O) groups is 2. The van der Waals surface area contributed by atoms with Crippen molar-refractivity contribution in [3.8, 4) is 0 Å². The number of amides is 1. The van der Waals surface area contributed by atoms with E-state index in [0.717, 1.165) is 0 Å². The molecule has 0 spiro atoms. The van der Waals surface area contributed by atoms with Crippen LogP contribution in [0.15, 0.2) is 23.1 Å². The Bertz CT molecular complexity index is 492. The second-order valence-corrected chi connectivity index (χ2v) is 3.58. The Balaban J connectivity index is 2.80. The van der Waals surface area contributed by atoms with E-state index in [-0.39, 0.29) is 11.1 Å². The molecule has 0 aliphatic rings. The van der Waals surface area contributed by atoms with Crippen molar-refractivity contribution >= 4 is 11.9 Å². The fourth-order valence-corrected chi connectivity index (χ4v) is 1.21. The van der Waals surface area contributed by atoms with Crippen molar-refractivity contribution in [2.75, 3.05) is 7.11 Å². The predicted molar refractivity (Wildman–Crippen MR) is 60.6 cm³/mol. The van der Waals surface area contributed by atoms with E-state index in [1.54, 1.807) is 7.05 Å². The standard InChI is InChI=1S/C11H14N2O4/c1-7(11(16)17-3)12-10(15)8-4-5-13(2)9(14)6-8/h4-7H,1-3H3,(H,12,15). The van der Waals surface area contributed by atoms with Crippen LogP contribution in [0.3, 0.4) is 0 Å². The van der Waals surface area contributed by atoms with Gasteiger partial charge in [-0.3, -0.25) is 9.59 Å². The van der Waals surface area contributed by atoms with Gasteiger partial charge < -0.3 is 14.6 Å². The molecule has 6 nitrogen and oxygen atoms in total. The summed E-state index contributed by atoms with van der Waals surface area (Å²) in [6.07, 6.45) is 1.49. The van der Waals surface area contributed by atoms with E-state index in [1.165, 1.54) is 36.9 Å². The van der Waals surface area contributed by atoms with Crippen molar-refractivity contribution in [3.63, 3.8) is 0 Å². The second kappa shape index (κ2) is 5.29. The highest BCUT2D eigenvalue weighted by atomic mass is 16.5. The lowest BCUT2D eigenvalue weighted by molar-refractivity contribution is -0.142. The number of hydrogen-bond donors (Lipinski definition) is 1. The van der Waals surface area contributed by atoms with Gasteiger partial charge in [0.25, 0.3) is 11.5 Å². The predicted octanol–water partition coefficient (Wildman–Crippen LogP) is -0.323. The molecule has 0 aromatic carbocycles. The first-order valence-corrected chi connectivity index (χ1v) is 5.01. The normalized spacial score (nSPS) is 11.7. The molecule has 1 heterocycles. The Labute approximate surface area is 98.2 Å². The number of nitrogens with one attached hydrogen (secondary N) is 1. The van der Waals surface area contributed by atoms with Gasteiger partial charge in [-0.05, 0) is 13.0 Å². The molecule has 1 amide bonds. The molecule has 0 aliphatic heterocycles. The first-order chi connectivity index (χ1) is 7.95. The van der Waals surface area contributed by atoms with E-state index in [2.05, 4.69) is 10.1 Å².